The normalized spacial score (nSPS) is 20.1. The molecular weight excluding hydrogens is 362 g/mol. The lowest BCUT2D eigenvalue weighted by Crippen LogP contribution is -2.23. The molecule has 1 atom stereocenters. The summed E-state index contributed by atoms with van der Waals surface area (Å²) in [7, 11) is 0. The number of pyridine rings is 1. The molecule has 1 aromatic carbocycles. The zero-order chi connectivity index (χ0) is 18.2. The molecule has 1 fully saturated rings. The van der Waals surface area contributed by atoms with Crippen LogP contribution in [0.3, 0.4) is 0 Å². The molecule has 4 heterocycles. The number of aromatic nitrogens is 2. The van der Waals surface area contributed by atoms with E-state index in [9.17, 15) is 0 Å². The Labute approximate surface area is 163 Å². The van der Waals surface area contributed by atoms with Crippen molar-refractivity contribution in [3.05, 3.63) is 59.0 Å². The van der Waals surface area contributed by atoms with Crippen molar-refractivity contribution >= 4 is 17.2 Å². The molecule has 1 saturated heterocycles. The van der Waals surface area contributed by atoms with Crippen LogP contribution in [0.2, 0.25) is 5.02 Å². The van der Waals surface area contributed by atoms with Gasteiger partial charge in [0.1, 0.15) is 5.65 Å². The second-order valence-corrected chi connectivity index (χ2v) is 7.67. The number of halogens is 1. The standard InChI is InChI=1S/C21H22ClN3O2/c22-16-5-7-21-23-17(14-25(21)12-16)13-24-8-1-3-18(24)15-4-6-19-20(11-15)27-10-2-9-26-19/h4-7,11-12,14,18H,1-3,8-10,13H2/t18-/m0/s1. The maximum atomic E-state index is 6.09. The molecule has 140 valence electrons. The predicted octanol–water partition coefficient (Wildman–Crippen LogP) is 4.49. The van der Waals surface area contributed by atoms with Crippen LogP contribution in [0.25, 0.3) is 5.65 Å². The summed E-state index contributed by atoms with van der Waals surface area (Å²) in [6.07, 6.45) is 7.25. The first-order chi connectivity index (χ1) is 13.3. The van der Waals surface area contributed by atoms with Crippen LogP contribution in [-0.2, 0) is 6.54 Å². The summed E-state index contributed by atoms with van der Waals surface area (Å²) in [6.45, 7) is 3.35. The number of rotatable bonds is 3. The Morgan fingerprint density at radius 2 is 1.93 bits per heavy atom. The van der Waals surface area contributed by atoms with Gasteiger partial charge in [0.15, 0.2) is 11.5 Å². The highest BCUT2D eigenvalue weighted by atomic mass is 35.5. The van der Waals surface area contributed by atoms with Crippen LogP contribution in [-0.4, -0.2) is 34.0 Å². The van der Waals surface area contributed by atoms with Gasteiger partial charge in [-0.2, -0.15) is 0 Å². The molecule has 5 rings (SSSR count). The van der Waals surface area contributed by atoms with Gasteiger partial charge in [-0.3, -0.25) is 4.90 Å². The highest BCUT2D eigenvalue weighted by Crippen LogP contribution is 2.38. The molecule has 2 aromatic heterocycles. The molecular formula is C21H22ClN3O2. The Balaban J connectivity index is 1.39. The van der Waals surface area contributed by atoms with Crippen LogP contribution in [0.5, 0.6) is 11.5 Å². The van der Waals surface area contributed by atoms with Crippen LogP contribution in [0.15, 0.2) is 42.7 Å². The third kappa shape index (κ3) is 3.37. The van der Waals surface area contributed by atoms with E-state index in [0.29, 0.717) is 12.6 Å². The monoisotopic (exact) mass is 383 g/mol. The number of hydrogen-bond acceptors (Lipinski definition) is 4. The fourth-order valence-corrected chi connectivity index (χ4v) is 4.25. The third-order valence-corrected chi connectivity index (χ3v) is 5.57. The minimum Gasteiger partial charge on any atom is -0.490 e. The molecule has 0 bridgehead atoms. The van der Waals surface area contributed by atoms with Crippen LogP contribution in [0.4, 0.5) is 0 Å². The lowest BCUT2D eigenvalue weighted by Gasteiger charge is -2.24. The SMILES string of the molecule is Clc1ccc2nc(CN3CCC[C@H]3c3ccc4c(c3)OCCCO4)cn2c1. The molecule has 5 nitrogen and oxygen atoms in total. The fraction of sp³-hybridized carbons (Fsp3) is 0.381. The highest BCUT2D eigenvalue weighted by molar-refractivity contribution is 6.30. The van der Waals surface area contributed by atoms with Gasteiger partial charge in [-0.25, -0.2) is 4.98 Å². The van der Waals surface area contributed by atoms with Gasteiger partial charge in [-0.15, -0.1) is 0 Å². The molecule has 0 radical (unpaired) electrons. The first kappa shape index (κ1) is 16.9. The molecule has 0 spiro atoms. The molecule has 0 aliphatic carbocycles. The van der Waals surface area contributed by atoms with E-state index in [1.807, 2.05) is 22.7 Å². The average Bonchev–Trinajstić information content (AvgIpc) is 3.21. The molecule has 3 aromatic rings. The lowest BCUT2D eigenvalue weighted by atomic mass is 10.0. The zero-order valence-electron chi connectivity index (χ0n) is 15.1. The smallest absolute Gasteiger partial charge is 0.161 e. The molecule has 0 N–H and O–H groups in total. The summed E-state index contributed by atoms with van der Waals surface area (Å²) in [4.78, 5) is 7.25. The van der Waals surface area contributed by atoms with Gasteiger partial charge in [0.25, 0.3) is 0 Å². The van der Waals surface area contributed by atoms with E-state index in [2.05, 4.69) is 29.3 Å². The zero-order valence-corrected chi connectivity index (χ0v) is 15.9. The van der Waals surface area contributed by atoms with E-state index in [-0.39, 0.29) is 0 Å². The summed E-state index contributed by atoms with van der Waals surface area (Å²) in [6, 6.07) is 10.6. The molecule has 6 heteroatoms. The van der Waals surface area contributed by atoms with Crippen molar-refractivity contribution in [2.75, 3.05) is 19.8 Å². The number of likely N-dealkylation sites (tertiary alicyclic amines) is 1. The Hall–Kier alpha value is -2.24. The van der Waals surface area contributed by atoms with Crippen molar-refractivity contribution in [2.24, 2.45) is 0 Å². The van der Waals surface area contributed by atoms with Gasteiger partial charge in [0, 0.05) is 31.4 Å². The molecule has 27 heavy (non-hydrogen) atoms. The summed E-state index contributed by atoms with van der Waals surface area (Å²) >= 11 is 6.09. The van der Waals surface area contributed by atoms with Crippen LogP contribution < -0.4 is 9.47 Å². The summed E-state index contributed by atoms with van der Waals surface area (Å²) < 4.78 is 13.6. The Bertz CT molecular complexity index is 971. The maximum Gasteiger partial charge on any atom is 0.161 e. The largest absolute Gasteiger partial charge is 0.490 e. The van der Waals surface area contributed by atoms with Gasteiger partial charge in [0.05, 0.1) is 23.9 Å². The van der Waals surface area contributed by atoms with E-state index in [1.54, 1.807) is 0 Å². The molecule has 2 aliphatic rings. The highest BCUT2D eigenvalue weighted by Gasteiger charge is 2.27. The van der Waals surface area contributed by atoms with Crippen molar-refractivity contribution in [3.63, 3.8) is 0 Å². The summed E-state index contributed by atoms with van der Waals surface area (Å²) in [5.74, 6) is 1.73. The topological polar surface area (TPSA) is 39.0 Å². The minimum absolute atomic E-state index is 0.385. The number of nitrogens with zero attached hydrogens (tertiary/aromatic N) is 3. The van der Waals surface area contributed by atoms with Crippen molar-refractivity contribution in [1.29, 1.82) is 0 Å². The minimum atomic E-state index is 0.385. The Morgan fingerprint density at radius 3 is 2.85 bits per heavy atom. The van der Waals surface area contributed by atoms with E-state index >= 15 is 0 Å². The molecule has 0 saturated carbocycles. The number of imidazole rings is 1. The van der Waals surface area contributed by atoms with Gasteiger partial charge in [-0.05, 0) is 49.2 Å². The molecule has 0 amide bonds. The predicted molar refractivity (Wildman–Crippen MR) is 105 cm³/mol. The van der Waals surface area contributed by atoms with Crippen LogP contribution in [0, 0.1) is 0 Å². The lowest BCUT2D eigenvalue weighted by molar-refractivity contribution is 0.245. The van der Waals surface area contributed by atoms with Crippen molar-refractivity contribution < 1.29 is 9.47 Å². The number of benzene rings is 1. The number of hydrogen-bond donors (Lipinski definition) is 0. The summed E-state index contributed by atoms with van der Waals surface area (Å²) in [5.41, 5.74) is 3.29. The fourth-order valence-electron chi connectivity index (χ4n) is 4.08. The molecule has 0 unspecified atom stereocenters. The molecule has 2 aliphatic heterocycles. The van der Waals surface area contributed by atoms with E-state index in [4.69, 9.17) is 26.1 Å². The Kier molecular flexibility index (Phi) is 4.42. The van der Waals surface area contributed by atoms with Crippen LogP contribution in [0.1, 0.15) is 36.6 Å². The first-order valence-corrected chi connectivity index (χ1v) is 9.91. The number of fused-ring (bicyclic) bond motifs is 2. The Morgan fingerprint density at radius 1 is 1.04 bits per heavy atom. The van der Waals surface area contributed by atoms with Gasteiger partial charge in [-0.1, -0.05) is 17.7 Å². The second kappa shape index (κ2) is 7.06. The van der Waals surface area contributed by atoms with Crippen molar-refractivity contribution in [3.8, 4) is 11.5 Å². The number of ether oxygens (including phenoxy) is 2. The quantitative estimate of drug-likeness (QED) is 0.668. The maximum absolute atomic E-state index is 6.09. The van der Waals surface area contributed by atoms with E-state index in [0.717, 1.165) is 60.4 Å². The van der Waals surface area contributed by atoms with Crippen LogP contribution >= 0.6 is 11.6 Å². The van der Waals surface area contributed by atoms with Gasteiger partial charge in [0.2, 0.25) is 0 Å². The summed E-state index contributed by atoms with van der Waals surface area (Å²) in [5, 5.41) is 0.720. The van der Waals surface area contributed by atoms with Crippen molar-refractivity contribution in [2.45, 2.75) is 31.8 Å². The first-order valence-electron chi connectivity index (χ1n) is 9.53. The van der Waals surface area contributed by atoms with Gasteiger partial charge < -0.3 is 13.9 Å². The van der Waals surface area contributed by atoms with E-state index < -0.39 is 0 Å². The third-order valence-electron chi connectivity index (χ3n) is 5.35. The van der Waals surface area contributed by atoms with Gasteiger partial charge >= 0.3 is 0 Å². The van der Waals surface area contributed by atoms with E-state index in [1.165, 1.54) is 12.0 Å². The average molecular weight is 384 g/mol. The second-order valence-electron chi connectivity index (χ2n) is 7.23. The van der Waals surface area contributed by atoms with Crippen molar-refractivity contribution in [1.82, 2.24) is 14.3 Å².